The number of aryl methyl sites for hydroxylation is 1. The molecule has 0 aliphatic heterocycles. The maximum Gasteiger partial charge on any atom is 0.232 e. The highest BCUT2D eigenvalue weighted by molar-refractivity contribution is 7.92. The number of nitriles is 1. The van der Waals surface area contributed by atoms with Crippen LogP contribution in [0.15, 0.2) is 29.6 Å². The van der Waals surface area contributed by atoms with Crippen LogP contribution in [0.2, 0.25) is 0 Å². The average Bonchev–Trinajstić information content (AvgIpc) is 2.91. The van der Waals surface area contributed by atoms with Crippen LogP contribution >= 0.6 is 11.3 Å². The van der Waals surface area contributed by atoms with E-state index in [0.717, 1.165) is 23.4 Å². The van der Waals surface area contributed by atoms with Crippen LogP contribution in [0, 0.1) is 11.3 Å². The summed E-state index contributed by atoms with van der Waals surface area (Å²) in [7, 11) is -3.42. The summed E-state index contributed by atoms with van der Waals surface area (Å²) in [5, 5.41) is 11.7. The van der Waals surface area contributed by atoms with Gasteiger partial charge in [0, 0.05) is 5.38 Å². The highest BCUT2D eigenvalue weighted by atomic mass is 32.2. The molecule has 0 aliphatic carbocycles. The molecule has 0 bridgehead atoms. The molecule has 21 heavy (non-hydrogen) atoms. The Bertz CT molecular complexity index is 758. The zero-order valence-electron chi connectivity index (χ0n) is 11.8. The molecule has 0 saturated carbocycles. The van der Waals surface area contributed by atoms with Gasteiger partial charge in [0.05, 0.1) is 40.8 Å². The summed E-state index contributed by atoms with van der Waals surface area (Å²) >= 11 is 1.53. The van der Waals surface area contributed by atoms with Crippen LogP contribution in [-0.4, -0.2) is 19.7 Å². The average molecular weight is 321 g/mol. The second-order valence-electron chi connectivity index (χ2n) is 4.51. The van der Waals surface area contributed by atoms with Crippen LogP contribution in [0.4, 0.5) is 5.69 Å². The molecule has 1 heterocycles. The lowest BCUT2D eigenvalue weighted by atomic mass is 10.2. The standard InChI is InChI=1S/C14H15N3O2S2/c1-3-14-16-12(10-20-14)9-17(21(2,18)19)13-6-4-11(8-15)5-7-13/h4-7,10H,3,9H2,1-2H3. The van der Waals surface area contributed by atoms with Crippen LogP contribution < -0.4 is 4.31 Å². The van der Waals surface area contributed by atoms with Crippen molar-refractivity contribution in [2.45, 2.75) is 19.9 Å². The molecule has 0 aliphatic rings. The van der Waals surface area contributed by atoms with Gasteiger partial charge in [-0.25, -0.2) is 13.4 Å². The Morgan fingerprint density at radius 3 is 2.48 bits per heavy atom. The Balaban J connectivity index is 2.32. The van der Waals surface area contributed by atoms with Crippen molar-refractivity contribution in [3.8, 4) is 6.07 Å². The van der Waals surface area contributed by atoms with Crippen molar-refractivity contribution in [2.24, 2.45) is 0 Å². The van der Waals surface area contributed by atoms with Crippen LogP contribution in [-0.2, 0) is 23.0 Å². The summed E-state index contributed by atoms with van der Waals surface area (Å²) in [6.45, 7) is 2.21. The van der Waals surface area contributed by atoms with E-state index in [4.69, 9.17) is 5.26 Å². The molecule has 1 aromatic carbocycles. The molecule has 2 rings (SSSR count). The van der Waals surface area contributed by atoms with E-state index in [2.05, 4.69) is 4.98 Å². The van der Waals surface area contributed by atoms with E-state index in [1.807, 2.05) is 18.4 Å². The third kappa shape index (κ3) is 3.80. The number of hydrogen-bond donors (Lipinski definition) is 0. The number of rotatable bonds is 5. The van der Waals surface area contributed by atoms with Crippen molar-refractivity contribution in [3.63, 3.8) is 0 Å². The summed E-state index contributed by atoms with van der Waals surface area (Å²) in [6, 6.07) is 8.48. The number of hydrogen-bond acceptors (Lipinski definition) is 5. The van der Waals surface area contributed by atoms with Crippen molar-refractivity contribution in [3.05, 3.63) is 45.9 Å². The highest BCUT2D eigenvalue weighted by Gasteiger charge is 2.19. The highest BCUT2D eigenvalue weighted by Crippen LogP contribution is 2.22. The van der Waals surface area contributed by atoms with E-state index in [-0.39, 0.29) is 6.54 Å². The fourth-order valence-electron chi connectivity index (χ4n) is 1.83. The first-order valence-electron chi connectivity index (χ1n) is 6.35. The molecule has 7 heteroatoms. The number of thiazole rings is 1. The first kappa shape index (κ1) is 15.5. The fourth-order valence-corrected chi connectivity index (χ4v) is 3.44. The monoisotopic (exact) mass is 321 g/mol. The summed E-state index contributed by atoms with van der Waals surface area (Å²) in [6.07, 6.45) is 2.00. The van der Waals surface area contributed by atoms with E-state index >= 15 is 0 Å². The molecule has 0 unspecified atom stereocenters. The molecule has 5 nitrogen and oxygen atoms in total. The van der Waals surface area contributed by atoms with Gasteiger partial charge in [-0.05, 0) is 30.7 Å². The van der Waals surface area contributed by atoms with Crippen LogP contribution in [0.1, 0.15) is 23.2 Å². The van der Waals surface area contributed by atoms with Crippen LogP contribution in [0.25, 0.3) is 0 Å². The summed E-state index contributed by atoms with van der Waals surface area (Å²) in [5.74, 6) is 0. The van der Waals surface area contributed by atoms with Crippen molar-refractivity contribution < 1.29 is 8.42 Å². The van der Waals surface area contributed by atoms with Crippen LogP contribution in [0.5, 0.6) is 0 Å². The van der Waals surface area contributed by atoms with E-state index in [0.29, 0.717) is 11.3 Å². The van der Waals surface area contributed by atoms with E-state index in [9.17, 15) is 8.42 Å². The number of benzene rings is 1. The molecule has 110 valence electrons. The van der Waals surface area contributed by atoms with Gasteiger partial charge >= 0.3 is 0 Å². The van der Waals surface area contributed by atoms with Gasteiger partial charge < -0.3 is 0 Å². The lowest BCUT2D eigenvalue weighted by molar-refractivity contribution is 0.596. The molecule has 0 fully saturated rings. The first-order valence-corrected chi connectivity index (χ1v) is 9.08. The maximum absolute atomic E-state index is 12.0. The van der Waals surface area contributed by atoms with Gasteiger partial charge in [-0.1, -0.05) is 6.92 Å². The summed E-state index contributed by atoms with van der Waals surface area (Å²) in [4.78, 5) is 4.40. The van der Waals surface area contributed by atoms with Gasteiger partial charge in [0.25, 0.3) is 0 Å². The quantitative estimate of drug-likeness (QED) is 0.848. The van der Waals surface area contributed by atoms with E-state index < -0.39 is 10.0 Å². The summed E-state index contributed by atoms with van der Waals surface area (Å²) in [5.41, 5.74) is 1.75. The Morgan fingerprint density at radius 1 is 1.33 bits per heavy atom. The Kier molecular flexibility index (Phi) is 4.60. The predicted molar refractivity (Wildman–Crippen MR) is 83.7 cm³/mol. The van der Waals surface area contributed by atoms with Crippen molar-refractivity contribution in [2.75, 3.05) is 10.6 Å². The first-order chi connectivity index (χ1) is 9.94. The van der Waals surface area contributed by atoms with E-state index in [1.54, 1.807) is 24.3 Å². The second-order valence-corrected chi connectivity index (χ2v) is 7.36. The normalized spacial score (nSPS) is 11.1. The Labute approximate surface area is 128 Å². The molecule has 0 N–H and O–H groups in total. The van der Waals surface area contributed by atoms with Gasteiger partial charge in [0.15, 0.2) is 0 Å². The minimum atomic E-state index is -3.42. The third-order valence-electron chi connectivity index (χ3n) is 2.89. The largest absolute Gasteiger partial charge is 0.264 e. The van der Waals surface area contributed by atoms with Gasteiger partial charge in [-0.2, -0.15) is 5.26 Å². The summed E-state index contributed by atoms with van der Waals surface area (Å²) < 4.78 is 25.3. The molecule has 0 atom stereocenters. The SMILES string of the molecule is CCc1nc(CN(c2ccc(C#N)cc2)S(C)(=O)=O)cs1. The number of nitrogens with zero attached hydrogens (tertiary/aromatic N) is 3. The van der Waals surface area contributed by atoms with Gasteiger partial charge in [-0.3, -0.25) is 4.31 Å². The second kappa shape index (κ2) is 6.24. The zero-order valence-corrected chi connectivity index (χ0v) is 13.4. The predicted octanol–water partition coefficient (Wildman–Crippen LogP) is 2.54. The van der Waals surface area contributed by atoms with Gasteiger partial charge in [0.2, 0.25) is 10.0 Å². The molecule has 0 spiro atoms. The molecule has 0 saturated heterocycles. The van der Waals surface area contributed by atoms with Crippen molar-refractivity contribution in [1.29, 1.82) is 5.26 Å². The van der Waals surface area contributed by atoms with Gasteiger partial charge in [-0.15, -0.1) is 11.3 Å². The molecular weight excluding hydrogens is 306 g/mol. The van der Waals surface area contributed by atoms with Gasteiger partial charge in [0.1, 0.15) is 0 Å². The minimum absolute atomic E-state index is 0.196. The zero-order chi connectivity index (χ0) is 15.5. The molecule has 2 aromatic rings. The Hall–Kier alpha value is -1.91. The number of sulfonamides is 1. The van der Waals surface area contributed by atoms with E-state index in [1.165, 1.54) is 15.6 Å². The molecule has 0 amide bonds. The molecule has 1 aromatic heterocycles. The number of anilines is 1. The minimum Gasteiger partial charge on any atom is -0.264 e. The fraction of sp³-hybridized carbons (Fsp3) is 0.286. The smallest absolute Gasteiger partial charge is 0.232 e. The number of aromatic nitrogens is 1. The molecular formula is C14H15N3O2S2. The van der Waals surface area contributed by atoms with Crippen molar-refractivity contribution in [1.82, 2.24) is 4.98 Å². The van der Waals surface area contributed by atoms with Crippen molar-refractivity contribution >= 4 is 27.0 Å². The molecule has 0 radical (unpaired) electrons. The van der Waals surface area contributed by atoms with Crippen LogP contribution in [0.3, 0.4) is 0 Å². The lowest BCUT2D eigenvalue weighted by Gasteiger charge is -2.21. The Morgan fingerprint density at radius 2 is 2.00 bits per heavy atom. The lowest BCUT2D eigenvalue weighted by Crippen LogP contribution is -2.29. The maximum atomic E-state index is 12.0. The third-order valence-corrected chi connectivity index (χ3v) is 5.07. The topological polar surface area (TPSA) is 74.1 Å².